The van der Waals surface area contributed by atoms with Gasteiger partial charge in [-0.2, -0.15) is 13.2 Å². The molecular formula is C14H16F3NO5. The van der Waals surface area contributed by atoms with Crippen molar-refractivity contribution < 1.29 is 37.3 Å². The Morgan fingerprint density at radius 3 is 2.30 bits per heavy atom. The van der Waals surface area contributed by atoms with E-state index in [1.807, 2.05) is 0 Å². The first-order valence-corrected chi connectivity index (χ1v) is 6.44. The van der Waals surface area contributed by atoms with E-state index in [1.54, 1.807) is 20.8 Å². The van der Waals surface area contributed by atoms with E-state index in [0.717, 1.165) is 18.2 Å². The molecule has 23 heavy (non-hydrogen) atoms. The molecule has 0 aliphatic carbocycles. The largest absolute Gasteiger partial charge is 0.482 e. The lowest BCUT2D eigenvalue weighted by molar-refractivity contribution is -0.153. The van der Waals surface area contributed by atoms with Crippen molar-refractivity contribution >= 4 is 17.7 Å². The number of rotatable bonds is 4. The highest BCUT2D eigenvalue weighted by Crippen LogP contribution is 2.28. The lowest BCUT2D eigenvalue weighted by Crippen LogP contribution is -2.27. The summed E-state index contributed by atoms with van der Waals surface area (Å²) in [4.78, 5) is 22.6. The van der Waals surface area contributed by atoms with Crippen molar-refractivity contribution in [3.8, 4) is 5.75 Å². The Bertz CT molecular complexity index is 593. The van der Waals surface area contributed by atoms with Crippen LogP contribution in [0.4, 0.5) is 23.7 Å². The summed E-state index contributed by atoms with van der Waals surface area (Å²) in [7, 11) is 0. The van der Waals surface area contributed by atoms with E-state index in [0.29, 0.717) is 0 Å². The number of nitrogens with one attached hydrogen (secondary N) is 1. The number of hydrogen-bond donors (Lipinski definition) is 2. The summed E-state index contributed by atoms with van der Waals surface area (Å²) >= 11 is 0. The van der Waals surface area contributed by atoms with Crippen molar-refractivity contribution in [1.29, 1.82) is 0 Å². The van der Waals surface area contributed by atoms with Gasteiger partial charge in [0.25, 0.3) is 0 Å². The highest BCUT2D eigenvalue weighted by atomic mass is 19.4. The Balaban J connectivity index is 3.01. The highest BCUT2D eigenvalue weighted by molar-refractivity contribution is 5.93. The van der Waals surface area contributed by atoms with Crippen molar-refractivity contribution in [3.05, 3.63) is 23.8 Å². The maximum absolute atomic E-state index is 12.2. The van der Waals surface area contributed by atoms with Gasteiger partial charge in [0.2, 0.25) is 0 Å². The zero-order valence-electron chi connectivity index (χ0n) is 12.7. The predicted molar refractivity (Wildman–Crippen MR) is 74.8 cm³/mol. The average Bonchev–Trinajstić information content (AvgIpc) is 2.33. The number of carboxylic acid groups (broad SMARTS) is 1. The summed E-state index contributed by atoms with van der Waals surface area (Å²) in [6.45, 7) is 3.21. The maximum Gasteiger partial charge on any atom is 0.422 e. The maximum atomic E-state index is 12.2. The molecule has 0 aliphatic heterocycles. The first-order valence-electron chi connectivity index (χ1n) is 6.44. The van der Waals surface area contributed by atoms with Gasteiger partial charge >= 0.3 is 18.2 Å². The third kappa shape index (κ3) is 6.90. The molecule has 128 valence electrons. The van der Waals surface area contributed by atoms with Crippen LogP contribution >= 0.6 is 0 Å². The molecule has 1 aromatic carbocycles. The summed E-state index contributed by atoms with van der Waals surface area (Å²) < 4.78 is 46.2. The van der Waals surface area contributed by atoms with E-state index < -0.39 is 30.4 Å². The van der Waals surface area contributed by atoms with Crippen LogP contribution in [0.5, 0.6) is 5.75 Å². The van der Waals surface area contributed by atoms with E-state index >= 15 is 0 Å². The molecule has 1 amide bonds. The fourth-order valence-electron chi connectivity index (χ4n) is 1.46. The molecule has 0 heterocycles. The second-order valence-electron chi connectivity index (χ2n) is 5.55. The highest BCUT2D eigenvalue weighted by Gasteiger charge is 2.29. The zero-order valence-corrected chi connectivity index (χ0v) is 12.7. The van der Waals surface area contributed by atoms with Crippen LogP contribution in [0, 0.1) is 0 Å². The molecule has 1 aromatic rings. The van der Waals surface area contributed by atoms with Crippen LogP contribution in [-0.2, 0) is 4.74 Å². The second kappa shape index (κ2) is 6.76. The lowest BCUT2D eigenvalue weighted by atomic mass is 10.2. The Kier molecular flexibility index (Phi) is 5.46. The molecule has 0 unspecified atom stereocenters. The van der Waals surface area contributed by atoms with Crippen molar-refractivity contribution in [1.82, 2.24) is 0 Å². The number of anilines is 1. The number of halogens is 3. The summed E-state index contributed by atoms with van der Waals surface area (Å²) in [6, 6.07) is 3.08. The third-order valence-electron chi connectivity index (χ3n) is 2.25. The first-order chi connectivity index (χ1) is 10.4. The van der Waals surface area contributed by atoms with Gasteiger partial charge in [-0.15, -0.1) is 0 Å². The Labute approximate surface area is 130 Å². The van der Waals surface area contributed by atoms with E-state index in [-0.39, 0.29) is 17.0 Å². The molecule has 2 N–H and O–H groups in total. The number of benzene rings is 1. The third-order valence-corrected chi connectivity index (χ3v) is 2.25. The molecule has 0 aliphatic rings. The van der Waals surface area contributed by atoms with E-state index in [4.69, 9.17) is 9.84 Å². The van der Waals surface area contributed by atoms with Crippen LogP contribution in [0.15, 0.2) is 18.2 Å². The van der Waals surface area contributed by atoms with E-state index in [1.165, 1.54) is 0 Å². The van der Waals surface area contributed by atoms with Crippen molar-refractivity contribution in [2.24, 2.45) is 0 Å². The van der Waals surface area contributed by atoms with E-state index in [2.05, 4.69) is 10.1 Å². The predicted octanol–water partition coefficient (Wildman–Crippen LogP) is 3.67. The van der Waals surface area contributed by atoms with Crippen molar-refractivity contribution in [2.75, 3.05) is 11.9 Å². The molecule has 0 bridgehead atoms. The summed E-state index contributed by atoms with van der Waals surface area (Å²) in [6.07, 6.45) is -5.52. The van der Waals surface area contributed by atoms with Gasteiger partial charge in [-0.1, -0.05) is 0 Å². The molecule has 0 spiro atoms. The van der Waals surface area contributed by atoms with Gasteiger partial charge in [-0.3, -0.25) is 5.32 Å². The number of alkyl halides is 3. The number of amides is 1. The standard InChI is InChI=1S/C14H16F3NO5/c1-13(2,3)23-12(21)18-9-6-8(11(19)20)4-5-10(9)22-7-14(15,16)17/h4-6H,7H2,1-3H3,(H,18,21)(H,19,20). The minimum Gasteiger partial charge on any atom is -0.482 e. The quantitative estimate of drug-likeness (QED) is 0.877. The Morgan fingerprint density at radius 2 is 1.83 bits per heavy atom. The molecule has 0 fully saturated rings. The monoisotopic (exact) mass is 335 g/mol. The molecule has 9 heteroatoms. The van der Waals surface area contributed by atoms with Crippen LogP contribution in [0.2, 0.25) is 0 Å². The molecule has 0 atom stereocenters. The van der Waals surface area contributed by atoms with Crippen LogP contribution in [0.1, 0.15) is 31.1 Å². The SMILES string of the molecule is CC(C)(C)OC(=O)Nc1cc(C(=O)O)ccc1OCC(F)(F)F. The minimum atomic E-state index is -4.57. The number of carbonyl (C=O) groups is 2. The zero-order chi connectivity index (χ0) is 17.8. The van der Waals surface area contributed by atoms with Gasteiger partial charge < -0.3 is 14.6 Å². The molecule has 0 radical (unpaired) electrons. The summed E-state index contributed by atoms with van der Waals surface area (Å²) in [5.41, 5.74) is -1.29. The Morgan fingerprint density at radius 1 is 1.22 bits per heavy atom. The topological polar surface area (TPSA) is 84.9 Å². The van der Waals surface area contributed by atoms with Gasteiger partial charge in [0, 0.05) is 0 Å². The molecule has 6 nitrogen and oxygen atoms in total. The normalized spacial score (nSPS) is 11.7. The molecular weight excluding hydrogens is 319 g/mol. The number of carbonyl (C=O) groups excluding carboxylic acids is 1. The first kappa shape index (κ1) is 18.6. The number of carboxylic acids is 1. The van der Waals surface area contributed by atoms with E-state index in [9.17, 15) is 22.8 Å². The summed E-state index contributed by atoms with van der Waals surface area (Å²) in [5.74, 6) is -1.63. The van der Waals surface area contributed by atoms with Crippen LogP contribution in [0.25, 0.3) is 0 Å². The van der Waals surface area contributed by atoms with Gasteiger partial charge in [0.15, 0.2) is 6.61 Å². The molecule has 1 rings (SSSR count). The average molecular weight is 335 g/mol. The van der Waals surface area contributed by atoms with Crippen LogP contribution in [-0.4, -0.2) is 35.6 Å². The number of ether oxygens (including phenoxy) is 2. The minimum absolute atomic E-state index is 0.226. The van der Waals surface area contributed by atoms with Crippen LogP contribution in [0.3, 0.4) is 0 Å². The van der Waals surface area contributed by atoms with Gasteiger partial charge in [-0.25, -0.2) is 9.59 Å². The fourth-order valence-corrected chi connectivity index (χ4v) is 1.46. The Hall–Kier alpha value is -2.45. The van der Waals surface area contributed by atoms with Crippen LogP contribution < -0.4 is 10.1 Å². The van der Waals surface area contributed by atoms with Crippen molar-refractivity contribution in [3.63, 3.8) is 0 Å². The second-order valence-corrected chi connectivity index (χ2v) is 5.55. The molecule has 0 aromatic heterocycles. The summed E-state index contributed by atoms with van der Waals surface area (Å²) in [5, 5.41) is 11.1. The van der Waals surface area contributed by atoms with Gasteiger partial charge in [0.05, 0.1) is 11.3 Å². The lowest BCUT2D eigenvalue weighted by Gasteiger charge is -2.20. The molecule has 0 saturated carbocycles. The molecule has 0 saturated heterocycles. The van der Waals surface area contributed by atoms with Crippen molar-refractivity contribution in [2.45, 2.75) is 32.5 Å². The van der Waals surface area contributed by atoms with Gasteiger partial charge in [-0.05, 0) is 39.0 Å². The smallest absolute Gasteiger partial charge is 0.422 e. The number of hydrogen-bond acceptors (Lipinski definition) is 4. The number of aromatic carboxylic acids is 1. The van der Waals surface area contributed by atoms with Gasteiger partial charge in [0.1, 0.15) is 11.4 Å². The fraction of sp³-hybridized carbons (Fsp3) is 0.429.